The Bertz CT molecular complexity index is 402. The standard InChI is InChI=1S/C12H13FO2/c1-7-4-8-2-3-9(13)5-11(8)10(7)6-12(14)15/h2-3,11H,4-6H2,1H3,(H,14,15). The molecule has 0 heterocycles. The molecule has 0 aromatic carbocycles. The van der Waals surface area contributed by atoms with Crippen LogP contribution in [0.1, 0.15) is 26.2 Å². The zero-order valence-corrected chi connectivity index (χ0v) is 8.59. The number of rotatable bonds is 2. The van der Waals surface area contributed by atoms with E-state index >= 15 is 0 Å². The van der Waals surface area contributed by atoms with Gasteiger partial charge in [0.1, 0.15) is 5.83 Å². The number of hydrogen-bond donors (Lipinski definition) is 1. The number of aliphatic carboxylic acids is 1. The molecule has 2 nitrogen and oxygen atoms in total. The summed E-state index contributed by atoms with van der Waals surface area (Å²) in [5.41, 5.74) is 3.15. The lowest BCUT2D eigenvalue weighted by Gasteiger charge is -2.18. The van der Waals surface area contributed by atoms with E-state index in [0.29, 0.717) is 6.42 Å². The molecular weight excluding hydrogens is 195 g/mol. The molecule has 2 rings (SSSR count). The molecule has 15 heavy (non-hydrogen) atoms. The van der Waals surface area contributed by atoms with Crippen molar-refractivity contribution < 1.29 is 14.3 Å². The van der Waals surface area contributed by atoms with Gasteiger partial charge in [0.2, 0.25) is 0 Å². The minimum atomic E-state index is -0.833. The molecule has 0 amide bonds. The Morgan fingerprint density at radius 1 is 1.60 bits per heavy atom. The first-order valence-corrected chi connectivity index (χ1v) is 5.03. The highest BCUT2D eigenvalue weighted by atomic mass is 19.1. The Balaban J connectivity index is 2.25. The molecule has 0 bridgehead atoms. The van der Waals surface area contributed by atoms with E-state index in [1.807, 2.05) is 6.92 Å². The lowest BCUT2D eigenvalue weighted by molar-refractivity contribution is -0.136. The average Bonchev–Trinajstić information content (AvgIpc) is 2.43. The number of allylic oxidation sites excluding steroid dienone is 5. The second kappa shape index (κ2) is 3.65. The van der Waals surface area contributed by atoms with Crippen molar-refractivity contribution in [3.63, 3.8) is 0 Å². The molecule has 1 atom stereocenters. The molecule has 0 fully saturated rings. The molecule has 0 spiro atoms. The van der Waals surface area contributed by atoms with Crippen LogP contribution in [0.2, 0.25) is 0 Å². The predicted molar refractivity (Wildman–Crippen MR) is 55.0 cm³/mol. The van der Waals surface area contributed by atoms with Crippen molar-refractivity contribution in [3.8, 4) is 0 Å². The second-order valence-electron chi connectivity index (χ2n) is 4.16. The normalized spacial score (nSPS) is 24.8. The third-order valence-electron chi connectivity index (χ3n) is 3.10. The van der Waals surface area contributed by atoms with Gasteiger partial charge in [-0.05, 0) is 19.4 Å². The van der Waals surface area contributed by atoms with Crippen molar-refractivity contribution in [1.29, 1.82) is 0 Å². The van der Waals surface area contributed by atoms with Gasteiger partial charge in [-0.3, -0.25) is 4.79 Å². The van der Waals surface area contributed by atoms with Crippen LogP contribution in [0, 0.1) is 5.92 Å². The van der Waals surface area contributed by atoms with Gasteiger partial charge in [0.15, 0.2) is 0 Å². The molecule has 0 saturated carbocycles. The smallest absolute Gasteiger partial charge is 0.307 e. The number of carboxylic acid groups (broad SMARTS) is 1. The molecule has 0 aliphatic heterocycles. The molecule has 0 saturated heterocycles. The van der Waals surface area contributed by atoms with Crippen LogP contribution < -0.4 is 0 Å². The minimum absolute atomic E-state index is 0.00565. The topological polar surface area (TPSA) is 37.3 Å². The van der Waals surface area contributed by atoms with Gasteiger partial charge in [-0.2, -0.15) is 0 Å². The van der Waals surface area contributed by atoms with E-state index in [1.54, 1.807) is 6.08 Å². The Labute approximate surface area is 87.8 Å². The molecule has 3 heteroatoms. The molecule has 80 valence electrons. The van der Waals surface area contributed by atoms with E-state index in [1.165, 1.54) is 6.08 Å². The highest BCUT2D eigenvalue weighted by molar-refractivity contribution is 5.71. The molecule has 0 aromatic rings. The molecule has 1 N–H and O–H groups in total. The number of carbonyl (C=O) groups is 1. The predicted octanol–water partition coefficient (Wildman–Crippen LogP) is 2.98. The lowest BCUT2D eigenvalue weighted by atomic mass is 9.88. The number of hydrogen-bond acceptors (Lipinski definition) is 1. The molecule has 0 aromatic heterocycles. The van der Waals surface area contributed by atoms with E-state index in [2.05, 4.69) is 0 Å². The van der Waals surface area contributed by atoms with Gasteiger partial charge in [-0.15, -0.1) is 0 Å². The Hall–Kier alpha value is -1.38. The lowest BCUT2D eigenvalue weighted by Crippen LogP contribution is -2.09. The van der Waals surface area contributed by atoms with Gasteiger partial charge in [0.25, 0.3) is 0 Å². The number of halogens is 1. The summed E-state index contributed by atoms with van der Waals surface area (Å²) in [4.78, 5) is 10.7. The summed E-state index contributed by atoms with van der Waals surface area (Å²) < 4.78 is 13.1. The van der Waals surface area contributed by atoms with Crippen LogP contribution in [0.5, 0.6) is 0 Å². The van der Waals surface area contributed by atoms with Gasteiger partial charge in [0, 0.05) is 12.3 Å². The first-order chi connectivity index (χ1) is 7.08. The van der Waals surface area contributed by atoms with Crippen molar-refractivity contribution >= 4 is 5.97 Å². The Kier molecular flexibility index (Phi) is 2.47. The van der Waals surface area contributed by atoms with E-state index in [4.69, 9.17) is 5.11 Å². The zero-order valence-electron chi connectivity index (χ0n) is 8.59. The summed E-state index contributed by atoms with van der Waals surface area (Å²) in [6, 6.07) is 0. The maximum absolute atomic E-state index is 13.1. The molecule has 1 unspecified atom stereocenters. The van der Waals surface area contributed by atoms with Crippen LogP contribution in [0.4, 0.5) is 4.39 Å². The van der Waals surface area contributed by atoms with Crippen LogP contribution in [0.3, 0.4) is 0 Å². The molecule has 0 radical (unpaired) electrons. The SMILES string of the molecule is CC1=C(CC(=O)O)C2CC(F)=CC=C2C1. The van der Waals surface area contributed by atoms with Crippen LogP contribution >= 0.6 is 0 Å². The second-order valence-corrected chi connectivity index (χ2v) is 4.16. The van der Waals surface area contributed by atoms with Gasteiger partial charge in [-0.25, -0.2) is 4.39 Å². The maximum atomic E-state index is 13.1. The highest BCUT2D eigenvalue weighted by Crippen LogP contribution is 2.43. The summed E-state index contributed by atoms with van der Waals surface area (Å²) in [6.07, 6.45) is 4.47. The third-order valence-corrected chi connectivity index (χ3v) is 3.10. The van der Waals surface area contributed by atoms with Gasteiger partial charge in [0.05, 0.1) is 6.42 Å². The Morgan fingerprint density at radius 3 is 3.00 bits per heavy atom. The first-order valence-electron chi connectivity index (χ1n) is 5.03. The van der Waals surface area contributed by atoms with E-state index in [0.717, 1.165) is 23.1 Å². The summed E-state index contributed by atoms with van der Waals surface area (Å²) in [5.74, 6) is -0.979. The Morgan fingerprint density at radius 2 is 2.33 bits per heavy atom. The largest absolute Gasteiger partial charge is 0.481 e. The van der Waals surface area contributed by atoms with Crippen LogP contribution in [-0.4, -0.2) is 11.1 Å². The van der Waals surface area contributed by atoms with Crippen LogP contribution in [0.15, 0.2) is 34.7 Å². The molecule has 2 aliphatic rings. The van der Waals surface area contributed by atoms with E-state index in [-0.39, 0.29) is 18.2 Å². The number of fused-ring (bicyclic) bond motifs is 1. The molecular formula is C12H13FO2. The quantitative estimate of drug-likeness (QED) is 0.708. The third kappa shape index (κ3) is 1.87. The van der Waals surface area contributed by atoms with Crippen molar-refractivity contribution in [2.45, 2.75) is 26.2 Å². The van der Waals surface area contributed by atoms with Crippen molar-refractivity contribution in [2.75, 3.05) is 0 Å². The minimum Gasteiger partial charge on any atom is -0.481 e. The van der Waals surface area contributed by atoms with Crippen LogP contribution in [0.25, 0.3) is 0 Å². The summed E-state index contributed by atoms with van der Waals surface area (Å²) in [7, 11) is 0. The van der Waals surface area contributed by atoms with Crippen molar-refractivity contribution in [3.05, 3.63) is 34.7 Å². The first kappa shape index (κ1) is 10.1. The molecule has 2 aliphatic carbocycles. The summed E-state index contributed by atoms with van der Waals surface area (Å²) in [6.45, 7) is 1.94. The van der Waals surface area contributed by atoms with E-state index < -0.39 is 5.97 Å². The monoisotopic (exact) mass is 208 g/mol. The van der Waals surface area contributed by atoms with Gasteiger partial charge >= 0.3 is 5.97 Å². The fourth-order valence-corrected chi connectivity index (χ4v) is 2.39. The summed E-state index contributed by atoms with van der Waals surface area (Å²) >= 11 is 0. The highest BCUT2D eigenvalue weighted by Gasteiger charge is 2.31. The zero-order chi connectivity index (χ0) is 11.0. The average molecular weight is 208 g/mol. The van der Waals surface area contributed by atoms with Gasteiger partial charge in [-0.1, -0.05) is 22.8 Å². The fraction of sp³-hybridized carbons (Fsp3) is 0.417. The van der Waals surface area contributed by atoms with Gasteiger partial charge < -0.3 is 5.11 Å². The fourth-order valence-electron chi connectivity index (χ4n) is 2.39. The summed E-state index contributed by atoms with van der Waals surface area (Å²) in [5, 5.41) is 8.79. The van der Waals surface area contributed by atoms with E-state index in [9.17, 15) is 9.18 Å². The van der Waals surface area contributed by atoms with Crippen molar-refractivity contribution in [2.24, 2.45) is 5.92 Å². The van der Waals surface area contributed by atoms with Crippen molar-refractivity contribution in [1.82, 2.24) is 0 Å². The number of carboxylic acids is 1. The van der Waals surface area contributed by atoms with Crippen LogP contribution in [-0.2, 0) is 4.79 Å². The maximum Gasteiger partial charge on any atom is 0.307 e.